The number of aryl methyl sites for hydroxylation is 1. The van der Waals surface area contributed by atoms with Gasteiger partial charge in [0, 0.05) is 17.1 Å². The highest BCUT2D eigenvalue weighted by molar-refractivity contribution is 6.14. The molecule has 3 heteroatoms. The fourth-order valence-electron chi connectivity index (χ4n) is 8.06. The Hall–Kier alpha value is -2.81. The lowest BCUT2D eigenvalue weighted by Gasteiger charge is -2.42. The van der Waals surface area contributed by atoms with Crippen LogP contribution in [0.1, 0.15) is 126 Å². The minimum absolute atomic E-state index is 0.0154. The molecule has 0 fully saturated rings. The normalized spacial score (nSPS) is 20.5. The van der Waals surface area contributed by atoms with E-state index >= 15 is 0 Å². The van der Waals surface area contributed by atoms with Gasteiger partial charge in [-0.05, 0) is 115 Å². The van der Waals surface area contributed by atoms with E-state index in [1.165, 1.54) is 40.3 Å². The Balaban J connectivity index is 2.00. The number of fused-ring (bicyclic) bond motifs is 2. The Kier molecular flexibility index (Phi) is 9.50. The molecule has 2 aliphatic rings. The molecule has 0 spiro atoms. The third-order valence-corrected chi connectivity index (χ3v) is 9.70. The van der Waals surface area contributed by atoms with Gasteiger partial charge < -0.3 is 0 Å². The Morgan fingerprint density at radius 1 is 1.02 bits per heavy atom. The summed E-state index contributed by atoms with van der Waals surface area (Å²) in [5.74, 6) is 0.493. The standard InChI is InChI=1S/C39H52O3/c1-11-13-28-19-29-20-32-31(30-18-26(16-22(3)4)14-15-27(30)12-2)21-33(39(8,9)10)24(6)37(32)38(42)36(29)25(7)35(28)34(41)17-23(5)40/h14-15,18,21-22,28-29,35H,11-13,16-17,19-20H2,1-10H3. The van der Waals surface area contributed by atoms with Crippen LogP contribution in [0.25, 0.3) is 11.1 Å². The number of carbonyl (C=O) groups is 3. The van der Waals surface area contributed by atoms with E-state index < -0.39 is 0 Å². The van der Waals surface area contributed by atoms with Crippen LogP contribution in [0, 0.1) is 30.6 Å². The van der Waals surface area contributed by atoms with Gasteiger partial charge in [-0.25, -0.2) is 0 Å². The van der Waals surface area contributed by atoms with Gasteiger partial charge in [-0.3, -0.25) is 14.4 Å². The lowest BCUT2D eigenvalue weighted by Crippen LogP contribution is -2.39. The molecule has 2 aliphatic carbocycles. The minimum atomic E-state index is -0.337. The minimum Gasteiger partial charge on any atom is -0.300 e. The lowest BCUT2D eigenvalue weighted by molar-refractivity contribution is -0.129. The number of benzene rings is 2. The monoisotopic (exact) mass is 568 g/mol. The van der Waals surface area contributed by atoms with Crippen LogP contribution in [0.5, 0.6) is 0 Å². The van der Waals surface area contributed by atoms with Gasteiger partial charge >= 0.3 is 0 Å². The molecule has 4 rings (SSSR count). The number of allylic oxidation sites excluding steroid dienone is 2. The summed E-state index contributed by atoms with van der Waals surface area (Å²) in [7, 11) is 0. The molecule has 0 heterocycles. The summed E-state index contributed by atoms with van der Waals surface area (Å²) < 4.78 is 0. The van der Waals surface area contributed by atoms with Crippen molar-refractivity contribution in [1.82, 2.24) is 0 Å². The number of hydrogen-bond acceptors (Lipinski definition) is 3. The third kappa shape index (κ3) is 6.12. The van der Waals surface area contributed by atoms with E-state index in [4.69, 9.17) is 0 Å². The SMILES string of the molecule is CCCC1CC2Cc3c(-c4cc(CC(C)C)ccc4CC)cc(C(C)(C)C)c(C)c3C(=O)C2=C(C)C1C(=O)CC(C)=O. The zero-order chi connectivity index (χ0) is 31.1. The van der Waals surface area contributed by atoms with Crippen LogP contribution < -0.4 is 0 Å². The summed E-state index contributed by atoms with van der Waals surface area (Å²) in [5, 5.41) is 0. The van der Waals surface area contributed by atoms with Crippen LogP contribution in [-0.2, 0) is 34.3 Å². The molecular weight excluding hydrogens is 516 g/mol. The Bertz CT molecular complexity index is 1430. The molecule has 0 saturated carbocycles. The van der Waals surface area contributed by atoms with Crippen LogP contribution in [0.2, 0.25) is 0 Å². The molecule has 3 atom stereocenters. The molecule has 0 amide bonds. The van der Waals surface area contributed by atoms with E-state index in [0.29, 0.717) is 5.92 Å². The van der Waals surface area contributed by atoms with Crippen LogP contribution in [-0.4, -0.2) is 17.3 Å². The van der Waals surface area contributed by atoms with Crippen molar-refractivity contribution >= 4 is 17.3 Å². The fraction of sp³-hybridized carbons (Fsp3) is 0.564. The second kappa shape index (κ2) is 12.4. The van der Waals surface area contributed by atoms with Crippen molar-refractivity contribution in [3.63, 3.8) is 0 Å². The van der Waals surface area contributed by atoms with E-state index in [9.17, 15) is 14.4 Å². The molecule has 226 valence electrons. The number of hydrogen-bond donors (Lipinski definition) is 0. The number of ketones is 3. The van der Waals surface area contributed by atoms with E-state index in [1.807, 2.05) is 6.92 Å². The third-order valence-electron chi connectivity index (χ3n) is 9.70. The van der Waals surface area contributed by atoms with Crippen molar-refractivity contribution in [1.29, 1.82) is 0 Å². The summed E-state index contributed by atoms with van der Waals surface area (Å²) in [6.45, 7) is 21.2. The quantitative estimate of drug-likeness (QED) is 0.283. The van der Waals surface area contributed by atoms with Gasteiger partial charge in [0.15, 0.2) is 5.78 Å². The maximum atomic E-state index is 14.7. The molecule has 0 aromatic heterocycles. The van der Waals surface area contributed by atoms with Gasteiger partial charge in [-0.2, -0.15) is 0 Å². The van der Waals surface area contributed by atoms with E-state index in [0.717, 1.165) is 60.8 Å². The molecule has 0 saturated heterocycles. The van der Waals surface area contributed by atoms with Crippen molar-refractivity contribution in [2.45, 2.75) is 120 Å². The van der Waals surface area contributed by atoms with Gasteiger partial charge in [0.2, 0.25) is 0 Å². The Morgan fingerprint density at radius 2 is 1.71 bits per heavy atom. The first-order chi connectivity index (χ1) is 19.7. The summed E-state index contributed by atoms with van der Waals surface area (Å²) in [6, 6.07) is 9.34. The predicted octanol–water partition coefficient (Wildman–Crippen LogP) is 9.38. The van der Waals surface area contributed by atoms with Crippen LogP contribution >= 0.6 is 0 Å². The Labute approximate surface area is 254 Å². The molecule has 0 aliphatic heterocycles. The van der Waals surface area contributed by atoms with Gasteiger partial charge in [0.25, 0.3) is 0 Å². The average Bonchev–Trinajstić information content (AvgIpc) is 2.87. The summed E-state index contributed by atoms with van der Waals surface area (Å²) in [5.41, 5.74) is 11.1. The zero-order valence-electron chi connectivity index (χ0n) is 27.8. The van der Waals surface area contributed by atoms with Gasteiger partial charge in [0.05, 0.1) is 6.42 Å². The number of Topliss-reactive ketones (excluding diaryl/α,β-unsaturated/α-hetero) is 3. The lowest BCUT2D eigenvalue weighted by atomic mass is 9.61. The topological polar surface area (TPSA) is 51.2 Å². The molecule has 0 N–H and O–H groups in total. The predicted molar refractivity (Wildman–Crippen MR) is 174 cm³/mol. The van der Waals surface area contributed by atoms with E-state index in [2.05, 4.69) is 79.7 Å². The smallest absolute Gasteiger partial charge is 0.189 e. The molecule has 2 aromatic rings. The maximum absolute atomic E-state index is 14.7. The number of carbonyl (C=O) groups excluding carboxylic acids is 3. The number of rotatable bonds is 9. The molecule has 3 nitrogen and oxygen atoms in total. The molecule has 3 unspecified atom stereocenters. The fourth-order valence-corrected chi connectivity index (χ4v) is 8.06. The summed E-state index contributed by atoms with van der Waals surface area (Å²) in [4.78, 5) is 40.1. The van der Waals surface area contributed by atoms with Crippen molar-refractivity contribution in [2.24, 2.45) is 23.7 Å². The zero-order valence-corrected chi connectivity index (χ0v) is 27.8. The van der Waals surface area contributed by atoms with Crippen molar-refractivity contribution in [3.8, 4) is 11.1 Å². The molecule has 0 bridgehead atoms. The van der Waals surface area contributed by atoms with Gasteiger partial charge in [-0.15, -0.1) is 0 Å². The van der Waals surface area contributed by atoms with E-state index in [1.54, 1.807) is 0 Å². The van der Waals surface area contributed by atoms with Crippen LogP contribution in [0.15, 0.2) is 35.4 Å². The first kappa shape index (κ1) is 32.1. The molecular formula is C39H52O3. The van der Waals surface area contributed by atoms with Crippen molar-refractivity contribution < 1.29 is 14.4 Å². The van der Waals surface area contributed by atoms with Gasteiger partial charge in [0.1, 0.15) is 11.6 Å². The first-order valence-corrected chi connectivity index (χ1v) is 16.3. The highest BCUT2D eigenvalue weighted by Crippen LogP contribution is 2.50. The van der Waals surface area contributed by atoms with E-state index in [-0.39, 0.29) is 46.9 Å². The summed E-state index contributed by atoms with van der Waals surface area (Å²) >= 11 is 0. The highest BCUT2D eigenvalue weighted by atomic mass is 16.1. The Morgan fingerprint density at radius 3 is 2.29 bits per heavy atom. The second-order valence-electron chi connectivity index (χ2n) is 14.6. The molecule has 2 aromatic carbocycles. The second-order valence-corrected chi connectivity index (χ2v) is 14.6. The maximum Gasteiger partial charge on any atom is 0.189 e. The van der Waals surface area contributed by atoms with Crippen LogP contribution in [0.4, 0.5) is 0 Å². The van der Waals surface area contributed by atoms with Gasteiger partial charge in [-0.1, -0.05) is 84.7 Å². The highest BCUT2D eigenvalue weighted by Gasteiger charge is 2.44. The molecule has 0 radical (unpaired) electrons. The van der Waals surface area contributed by atoms with Crippen molar-refractivity contribution in [3.05, 3.63) is 68.8 Å². The largest absolute Gasteiger partial charge is 0.300 e. The summed E-state index contributed by atoms with van der Waals surface area (Å²) in [6.07, 6.45) is 5.48. The van der Waals surface area contributed by atoms with Crippen molar-refractivity contribution in [2.75, 3.05) is 0 Å². The molecule has 42 heavy (non-hydrogen) atoms. The average molecular weight is 569 g/mol. The van der Waals surface area contributed by atoms with Crippen LogP contribution in [0.3, 0.4) is 0 Å². The first-order valence-electron chi connectivity index (χ1n) is 16.3.